The van der Waals surface area contributed by atoms with Crippen LogP contribution in [0.2, 0.25) is 5.02 Å². The van der Waals surface area contributed by atoms with E-state index in [1.807, 2.05) is 49.4 Å². The zero-order valence-electron chi connectivity index (χ0n) is 12.4. The second-order valence-corrected chi connectivity index (χ2v) is 5.21. The first-order chi connectivity index (χ1) is 10.2. The van der Waals surface area contributed by atoms with Crippen LogP contribution in [0.3, 0.4) is 0 Å². The van der Waals surface area contributed by atoms with Crippen molar-refractivity contribution in [3.05, 3.63) is 58.6 Å². The highest BCUT2D eigenvalue weighted by molar-refractivity contribution is 6.32. The molecule has 0 heterocycles. The van der Waals surface area contributed by atoms with Crippen LogP contribution >= 0.6 is 11.6 Å². The zero-order valence-corrected chi connectivity index (χ0v) is 13.1. The van der Waals surface area contributed by atoms with Crippen molar-refractivity contribution in [2.75, 3.05) is 20.3 Å². The fourth-order valence-electron chi connectivity index (χ4n) is 1.93. The Balaban J connectivity index is 2.01. The smallest absolute Gasteiger partial charge is 0.146 e. The Labute approximate surface area is 130 Å². The number of aryl methyl sites for hydroxylation is 1. The molecule has 0 bridgehead atoms. The first kappa shape index (κ1) is 15.8. The van der Waals surface area contributed by atoms with Crippen molar-refractivity contribution in [1.29, 1.82) is 0 Å². The van der Waals surface area contributed by atoms with Crippen molar-refractivity contribution in [3.63, 3.8) is 0 Å². The van der Waals surface area contributed by atoms with Gasteiger partial charge in [-0.15, -0.1) is 0 Å². The average molecular weight is 306 g/mol. The molecule has 2 aromatic carbocycles. The minimum absolute atomic E-state index is 0.615. The van der Waals surface area contributed by atoms with E-state index >= 15 is 0 Å². The van der Waals surface area contributed by atoms with Gasteiger partial charge in [0.25, 0.3) is 0 Å². The lowest BCUT2D eigenvalue weighted by molar-refractivity contribution is 0.199. The van der Waals surface area contributed by atoms with Crippen molar-refractivity contribution in [1.82, 2.24) is 5.32 Å². The van der Waals surface area contributed by atoms with Gasteiger partial charge >= 0.3 is 0 Å². The summed E-state index contributed by atoms with van der Waals surface area (Å²) in [5.41, 5.74) is 2.20. The number of nitrogens with one attached hydrogen (secondary N) is 1. The normalized spacial score (nSPS) is 10.6. The fourth-order valence-corrected chi connectivity index (χ4v) is 2.18. The molecular formula is C17H20ClNO2. The molecule has 0 unspecified atom stereocenters. The van der Waals surface area contributed by atoms with Gasteiger partial charge in [-0.1, -0.05) is 35.9 Å². The van der Waals surface area contributed by atoms with Gasteiger partial charge in [0.05, 0.1) is 11.6 Å². The molecule has 0 saturated carbocycles. The Hall–Kier alpha value is -1.55. The van der Waals surface area contributed by atoms with Crippen LogP contribution in [0.5, 0.6) is 11.5 Å². The van der Waals surface area contributed by atoms with Gasteiger partial charge in [0.1, 0.15) is 11.5 Å². The lowest BCUT2D eigenvalue weighted by atomic mass is 10.2. The maximum Gasteiger partial charge on any atom is 0.146 e. The third-order valence-electron chi connectivity index (χ3n) is 3.12. The van der Waals surface area contributed by atoms with Gasteiger partial charge in [-0.2, -0.15) is 0 Å². The predicted molar refractivity (Wildman–Crippen MR) is 86.3 cm³/mol. The second-order valence-electron chi connectivity index (χ2n) is 4.80. The fraction of sp³-hybridized carbons (Fsp3) is 0.294. The molecule has 4 heteroatoms. The molecule has 2 rings (SSSR count). The minimum atomic E-state index is 0.615. The summed E-state index contributed by atoms with van der Waals surface area (Å²) in [6, 6.07) is 13.7. The number of ether oxygens (including phenoxy) is 2. The van der Waals surface area contributed by atoms with E-state index in [0.29, 0.717) is 17.4 Å². The Morgan fingerprint density at radius 2 is 1.90 bits per heavy atom. The van der Waals surface area contributed by atoms with Crippen molar-refractivity contribution >= 4 is 11.6 Å². The van der Waals surface area contributed by atoms with Crippen LogP contribution in [0, 0.1) is 6.92 Å². The maximum absolute atomic E-state index is 6.29. The van der Waals surface area contributed by atoms with E-state index in [-0.39, 0.29) is 0 Å². The predicted octanol–water partition coefficient (Wildman–Crippen LogP) is 4.18. The highest BCUT2D eigenvalue weighted by Gasteiger charge is 2.06. The molecule has 0 spiro atoms. The zero-order chi connectivity index (χ0) is 15.1. The molecule has 0 aromatic heterocycles. The number of benzene rings is 2. The van der Waals surface area contributed by atoms with Crippen LogP contribution in [0.4, 0.5) is 0 Å². The first-order valence-electron chi connectivity index (χ1n) is 6.92. The standard InChI is InChI=1S/C17H20ClNO2/c1-13-5-3-4-6-16(13)21-17-8-7-14(11-15(17)18)12-19-9-10-20-2/h3-8,11,19H,9-10,12H2,1-2H3. The summed E-state index contributed by atoms with van der Waals surface area (Å²) in [5, 5.41) is 3.90. The van der Waals surface area contributed by atoms with Gasteiger partial charge < -0.3 is 14.8 Å². The van der Waals surface area contributed by atoms with E-state index in [2.05, 4.69) is 5.32 Å². The lowest BCUT2D eigenvalue weighted by Gasteiger charge is -2.11. The number of hydrogen-bond donors (Lipinski definition) is 1. The van der Waals surface area contributed by atoms with E-state index in [1.165, 1.54) is 0 Å². The van der Waals surface area contributed by atoms with E-state index < -0.39 is 0 Å². The maximum atomic E-state index is 6.29. The van der Waals surface area contributed by atoms with Gasteiger partial charge in [0.2, 0.25) is 0 Å². The van der Waals surface area contributed by atoms with E-state index in [1.54, 1.807) is 7.11 Å². The summed E-state index contributed by atoms with van der Waals surface area (Å²) in [7, 11) is 1.69. The number of methoxy groups -OCH3 is 1. The van der Waals surface area contributed by atoms with Gasteiger partial charge in [-0.25, -0.2) is 0 Å². The Kier molecular flexibility index (Phi) is 6.05. The third-order valence-corrected chi connectivity index (χ3v) is 3.42. The molecule has 0 aliphatic rings. The molecule has 0 atom stereocenters. The number of para-hydroxylation sites is 1. The molecule has 0 fully saturated rings. The molecule has 0 radical (unpaired) electrons. The molecule has 0 aliphatic carbocycles. The Morgan fingerprint density at radius 3 is 2.62 bits per heavy atom. The molecule has 0 aliphatic heterocycles. The van der Waals surface area contributed by atoms with Crippen LogP contribution in [-0.2, 0) is 11.3 Å². The highest BCUT2D eigenvalue weighted by Crippen LogP contribution is 2.31. The van der Waals surface area contributed by atoms with Crippen LogP contribution in [0.25, 0.3) is 0 Å². The van der Waals surface area contributed by atoms with Crippen LogP contribution in [0.1, 0.15) is 11.1 Å². The molecule has 0 amide bonds. The van der Waals surface area contributed by atoms with Crippen molar-refractivity contribution in [3.8, 4) is 11.5 Å². The van der Waals surface area contributed by atoms with Gasteiger partial charge in [0.15, 0.2) is 0 Å². The van der Waals surface area contributed by atoms with E-state index in [4.69, 9.17) is 21.1 Å². The molecule has 0 saturated heterocycles. The lowest BCUT2D eigenvalue weighted by Crippen LogP contribution is -2.18. The van der Waals surface area contributed by atoms with Crippen LogP contribution in [0.15, 0.2) is 42.5 Å². The monoisotopic (exact) mass is 305 g/mol. The minimum Gasteiger partial charge on any atom is -0.456 e. The molecule has 21 heavy (non-hydrogen) atoms. The highest BCUT2D eigenvalue weighted by atomic mass is 35.5. The third kappa shape index (κ3) is 4.74. The van der Waals surface area contributed by atoms with Crippen molar-refractivity contribution in [2.24, 2.45) is 0 Å². The SMILES string of the molecule is COCCNCc1ccc(Oc2ccccc2C)c(Cl)c1. The average Bonchev–Trinajstić information content (AvgIpc) is 2.48. The number of hydrogen-bond acceptors (Lipinski definition) is 3. The van der Waals surface area contributed by atoms with Gasteiger partial charge in [-0.3, -0.25) is 0 Å². The first-order valence-corrected chi connectivity index (χ1v) is 7.30. The summed E-state index contributed by atoms with van der Waals surface area (Å²) in [6.45, 7) is 4.28. The quantitative estimate of drug-likeness (QED) is 0.779. The van der Waals surface area contributed by atoms with Crippen molar-refractivity contribution in [2.45, 2.75) is 13.5 Å². The van der Waals surface area contributed by atoms with Crippen LogP contribution < -0.4 is 10.1 Å². The van der Waals surface area contributed by atoms with Gasteiger partial charge in [0, 0.05) is 20.2 Å². The second kappa shape index (κ2) is 8.03. The van der Waals surface area contributed by atoms with Crippen molar-refractivity contribution < 1.29 is 9.47 Å². The summed E-state index contributed by atoms with van der Waals surface area (Å²) in [5.74, 6) is 1.50. The van der Waals surface area contributed by atoms with Crippen LogP contribution in [-0.4, -0.2) is 20.3 Å². The summed E-state index contributed by atoms with van der Waals surface area (Å²) in [4.78, 5) is 0. The van der Waals surface area contributed by atoms with E-state index in [0.717, 1.165) is 30.0 Å². The van der Waals surface area contributed by atoms with E-state index in [9.17, 15) is 0 Å². The molecule has 3 nitrogen and oxygen atoms in total. The topological polar surface area (TPSA) is 30.5 Å². The molecular weight excluding hydrogens is 286 g/mol. The Bertz CT molecular complexity index is 587. The molecule has 112 valence electrons. The molecule has 1 N–H and O–H groups in total. The number of rotatable bonds is 7. The molecule has 2 aromatic rings. The summed E-state index contributed by atoms with van der Waals surface area (Å²) < 4.78 is 10.9. The number of halogens is 1. The summed E-state index contributed by atoms with van der Waals surface area (Å²) in [6.07, 6.45) is 0. The summed E-state index contributed by atoms with van der Waals surface area (Å²) >= 11 is 6.29. The Morgan fingerprint density at radius 1 is 1.10 bits per heavy atom. The van der Waals surface area contributed by atoms with Gasteiger partial charge in [-0.05, 0) is 36.2 Å². The largest absolute Gasteiger partial charge is 0.456 e.